The summed E-state index contributed by atoms with van der Waals surface area (Å²) in [6, 6.07) is 8.23. The summed E-state index contributed by atoms with van der Waals surface area (Å²) in [6.07, 6.45) is 1.78. The van der Waals surface area contributed by atoms with Crippen molar-refractivity contribution < 1.29 is 9.53 Å². The van der Waals surface area contributed by atoms with Crippen LogP contribution in [0.1, 0.15) is 32.8 Å². The van der Waals surface area contributed by atoms with Crippen LogP contribution in [-0.4, -0.2) is 48.7 Å². The lowest BCUT2D eigenvalue weighted by atomic mass is 10.1. The van der Waals surface area contributed by atoms with Crippen LogP contribution in [0.3, 0.4) is 0 Å². The summed E-state index contributed by atoms with van der Waals surface area (Å²) in [5, 5.41) is 0. The topological polar surface area (TPSA) is 32.8 Å². The van der Waals surface area contributed by atoms with Crippen molar-refractivity contribution in [2.24, 2.45) is 0 Å². The first-order valence-corrected chi connectivity index (χ1v) is 8.23. The van der Waals surface area contributed by atoms with E-state index in [0.717, 1.165) is 38.3 Å². The number of carbonyl (C=O) groups excluding carboxylic acids is 1. The fourth-order valence-electron chi connectivity index (χ4n) is 3.74. The molecule has 1 saturated heterocycles. The number of ether oxygens (including phenoxy) is 1. The smallest absolute Gasteiger partial charge is 0.228 e. The molecule has 1 amide bonds. The first-order chi connectivity index (χ1) is 10.4. The Morgan fingerprint density at radius 1 is 1.36 bits per heavy atom. The monoisotopic (exact) mass is 302 g/mol. The average Bonchev–Trinajstić information content (AvgIpc) is 2.86. The standard InChI is InChI=1S/C18H26N2O2/c1-14-12-19(13-18(2,3)22-14)10-9-17(21)20-11-8-15-6-4-5-7-16(15)20/h4-7,14H,8-13H2,1-3H3. The molecule has 1 unspecified atom stereocenters. The van der Waals surface area contributed by atoms with Crippen LogP contribution in [0.15, 0.2) is 24.3 Å². The molecule has 1 aromatic carbocycles. The van der Waals surface area contributed by atoms with Crippen molar-refractivity contribution in [2.45, 2.75) is 45.3 Å². The predicted molar refractivity (Wildman–Crippen MR) is 88.2 cm³/mol. The Balaban J connectivity index is 1.57. The number of anilines is 1. The van der Waals surface area contributed by atoms with Crippen LogP contribution >= 0.6 is 0 Å². The first-order valence-electron chi connectivity index (χ1n) is 8.23. The van der Waals surface area contributed by atoms with Crippen molar-refractivity contribution in [2.75, 3.05) is 31.1 Å². The molecular formula is C18H26N2O2. The Labute approximate surface area is 133 Å². The maximum absolute atomic E-state index is 12.6. The number of hydrogen-bond donors (Lipinski definition) is 0. The van der Waals surface area contributed by atoms with Crippen LogP contribution in [-0.2, 0) is 16.0 Å². The molecule has 1 fully saturated rings. The van der Waals surface area contributed by atoms with Crippen molar-refractivity contribution in [3.8, 4) is 0 Å². The molecule has 0 aliphatic carbocycles. The van der Waals surface area contributed by atoms with Gasteiger partial charge in [-0.25, -0.2) is 0 Å². The predicted octanol–water partition coefficient (Wildman–Crippen LogP) is 2.47. The largest absolute Gasteiger partial charge is 0.370 e. The highest BCUT2D eigenvalue weighted by Crippen LogP contribution is 2.28. The SMILES string of the molecule is CC1CN(CCC(=O)N2CCc3ccccc32)CC(C)(C)O1. The molecule has 0 spiro atoms. The number of hydrogen-bond acceptors (Lipinski definition) is 3. The van der Waals surface area contributed by atoms with Gasteiger partial charge in [0, 0.05) is 38.3 Å². The van der Waals surface area contributed by atoms with Gasteiger partial charge >= 0.3 is 0 Å². The van der Waals surface area contributed by atoms with Crippen molar-refractivity contribution in [3.63, 3.8) is 0 Å². The van der Waals surface area contributed by atoms with E-state index in [1.807, 2.05) is 17.0 Å². The summed E-state index contributed by atoms with van der Waals surface area (Å²) in [5.41, 5.74) is 2.26. The highest BCUT2D eigenvalue weighted by Gasteiger charge is 2.32. The fraction of sp³-hybridized carbons (Fsp3) is 0.611. The van der Waals surface area contributed by atoms with Crippen molar-refractivity contribution in [3.05, 3.63) is 29.8 Å². The van der Waals surface area contributed by atoms with Gasteiger partial charge in [-0.1, -0.05) is 18.2 Å². The van der Waals surface area contributed by atoms with Gasteiger partial charge in [-0.05, 0) is 38.8 Å². The molecule has 2 aliphatic rings. The molecule has 1 aromatic rings. The number of para-hydroxylation sites is 1. The highest BCUT2D eigenvalue weighted by atomic mass is 16.5. The molecule has 1 atom stereocenters. The Bertz CT molecular complexity index is 556. The van der Waals surface area contributed by atoms with E-state index < -0.39 is 0 Å². The lowest BCUT2D eigenvalue weighted by Gasteiger charge is -2.41. The number of nitrogens with zero attached hydrogens (tertiary/aromatic N) is 2. The van der Waals surface area contributed by atoms with E-state index in [-0.39, 0.29) is 17.6 Å². The third kappa shape index (κ3) is 3.33. The minimum absolute atomic E-state index is 0.124. The van der Waals surface area contributed by atoms with Gasteiger partial charge < -0.3 is 9.64 Å². The van der Waals surface area contributed by atoms with Crippen molar-refractivity contribution >= 4 is 11.6 Å². The maximum Gasteiger partial charge on any atom is 0.228 e. The number of benzene rings is 1. The summed E-state index contributed by atoms with van der Waals surface area (Å²) in [7, 11) is 0. The fourth-order valence-corrected chi connectivity index (χ4v) is 3.74. The highest BCUT2D eigenvalue weighted by molar-refractivity contribution is 5.95. The second kappa shape index (κ2) is 6.01. The van der Waals surface area contributed by atoms with Gasteiger partial charge in [0.2, 0.25) is 5.91 Å². The van der Waals surface area contributed by atoms with E-state index in [0.29, 0.717) is 6.42 Å². The molecule has 120 valence electrons. The number of morpholine rings is 1. The van der Waals surface area contributed by atoms with Crippen LogP contribution in [0, 0.1) is 0 Å². The molecule has 0 aromatic heterocycles. The summed E-state index contributed by atoms with van der Waals surface area (Å²) < 4.78 is 5.92. The molecule has 22 heavy (non-hydrogen) atoms. The lowest BCUT2D eigenvalue weighted by Crippen LogP contribution is -2.52. The molecule has 4 nitrogen and oxygen atoms in total. The molecule has 0 N–H and O–H groups in total. The molecule has 0 radical (unpaired) electrons. The maximum atomic E-state index is 12.6. The van der Waals surface area contributed by atoms with E-state index in [2.05, 4.69) is 37.8 Å². The molecule has 4 heteroatoms. The van der Waals surface area contributed by atoms with Crippen LogP contribution in [0.4, 0.5) is 5.69 Å². The van der Waals surface area contributed by atoms with Crippen LogP contribution in [0.25, 0.3) is 0 Å². The van der Waals surface area contributed by atoms with E-state index in [4.69, 9.17) is 4.74 Å². The first kappa shape index (κ1) is 15.5. The molecule has 2 heterocycles. The third-order valence-electron chi connectivity index (χ3n) is 4.47. The van der Waals surface area contributed by atoms with Gasteiger partial charge in [-0.15, -0.1) is 0 Å². The lowest BCUT2D eigenvalue weighted by molar-refractivity contribution is -0.132. The molecule has 0 saturated carbocycles. The minimum Gasteiger partial charge on any atom is -0.370 e. The summed E-state index contributed by atoms with van der Waals surface area (Å²) in [4.78, 5) is 16.9. The Hall–Kier alpha value is -1.39. The van der Waals surface area contributed by atoms with E-state index in [1.54, 1.807) is 0 Å². The number of carbonyl (C=O) groups is 1. The Kier molecular flexibility index (Phi) is 4.24. The number of rotatable bonds is 3. The Morgan fingerprint density at radius 3 is 2.91 bits per heavy atom. The quantitative estimate of drug-likeness (QED) is 0.860. The van der Waals surface area contributed by atoms with Crippen LogP contribution in [0.2, 0.25) is 0 Å². The van der Waals surface area contributed by atoms with Gasteiger partial charge in [0.05, 0.1) is 11.7 Å². The van der Waals surface area contributed by atoms with E-state index in [1.165, 1.54) is 5.56 Å². The van der Waals surface area contributed by atoms with Gasteiger partial charge in [-0.2, -0.15) is 0 Å². The summed E-state index contributed by atoms with van der Waals surface area (Å²) >= 11 is 0. The van der Waals surface area contributed by atoms with Gasteiger partial charge in [0.15, 0.2) is 0 Å². The third-order valence-corrected chi connectivity index (χ3v) is 4.47. The second-order valence-corrected chi connectivity index (χ2v) is 7.10. The zero-order valence-electron chi connectivity index (χ0n) is 13.8. The number of fused-ring (bicyclic) bond motifs is 1. The van der Waals surface area contributed by atoms with Gasteiger partial charge in [0.1, 0.15) is 0 Å². The minimum atomic E-state index is -0.124. The molecule has 0 bridgehead atoms. The molecule has 2 aliphatic heterocycles. The second-order valence-electron chi connectivity index (χ2n) is 7.10. The summed E-state index contributed by atoms with van der Waals surface area (Å²) in [6.45, 7) is 9.78. The summed E-state index contributed by atoms with van der Waals surface area (Å²) in [5.74, 6) is 0.238. The van der Waals surface area contributed by atoms with E-state index in [9.17, 15) is 4.79 Å². The van der Waals surface area contributed by atoms with Crippen LogP contribution in [0.5, 0.6) is 0 Å². The van der Waals surface area contributed by atoms with Crippen molar-refractivity contribution in [1.29, 1.82) is 0 Å². The molecule has 3 rings (SSSR count). The molecular weight excluding hydrogens is 276 g/mol. The normalized spacial score (nSPS) is 24.3. The number of amides is 1. The van der Waals surface area contributed by atoms with Gasteiger partial charge in [-0.3, -0.25) is 9.69 Å². The van der Waals surface area contributed by atoms with E-state index >= 15 is 0 Å². The zero-order valence-corrected chi connectivity index (χ0v) is 13.8. The van der Waals surface area contributed by atoms with Gasteiger partial charge in [0.25, 0.3) is 0 Å². The van der Waals surface area contributed by atoms with Crippen molar-refractivity contribution in [1.82, 2.24) is 4.90 Å². The zero-order chi connectivity index (χ0) is 15.7. The average molecular weight is 302 g/mol. The van der Waals surface area contributed by atoms with Crippen LogP contribution < -0.4 is 4.90 Å². The Morgan fingerprint density at radius 2 is 2.14 bits per heavy atom.